The van der Waals surface area contributed by atoms with Crippen LogP contribution >= 0.6 is 11.6 Å². The summed E-state index contributed by atoms with van der Waals surface area (Å²) >= 11 is 6.06. The summed E-state index contributed by atoms with van der Waals surface area (Å²) in [6, 6.07) is 25.6. The van der Waals surface area contributed by atoms with Crippen LogP contribution in [-0.4, -0.2) is 17.0 Å². The van der Waals surface area contributed by atoms with Gasteiger partial charge in [0.15, 0.2) is 0 Å². The molecule has 0 radical (unpaired) electrons. The molecule has 0 atom stereocenters. The van der Waals surface area contributed by atoms with E-state index in [2.05, 4.69) is 5.32 Å². The van der Waals surface area contributed by atoms with E-state index in [1.54, 1.807) is 12.1 Å². The minimum absolute atomic E-state index is 0.135. The minimum atomic E-state index is -0.305. The first-order valence-electron chi connectivity index (χ1n) is 10.1. The number of nitrogens with one attached hydrogen (secondary N) is 1. The summed E-state index contributed by atoms with van der Waals surface area (Å²) in [5.74, 6) is -0.440. The molecule has 0 unspecified atom stereocenters. The third-order valence-electron chi connectivity index (χ3n) is 5.26. The maximum absolute atomic E-state index is 13.5. The normalized spacial score (nSPS) is 10.8. The summed E-state index contributed by atoms with van der Waals surface area (Å²) in [4.78, 5) is 13.0. The first-order valence-corrected chi connectivity index (χ1v) is 10.5. The van der Waals surface area contributed by atoms with Crippen molar-refractivity contribution in [2.24, 2.45) is 0 Å². The molecule has 1 aromatic heterocycles. The van der Waals surface area contributed by atoms with Gasteiger partial charge in [-0.05, 0) is 66.9 Å². The number of nitrogens with zero attached hydrogens (tertiary/aromatic N) is 1. The van der Waals surface area contributed by atoms with Crippen LogP contribution in [0.4, 0.5) is 4.39 Å². The zero-order valence-corrected chi connectivity index (χ0v) is 17.9. The molecule has 4 rings (SSSR count). The second kappa shape index (κ2) is 9.19. The molecule has 0 fully saturated rings. The molecule has 31 heavy (non-hydrogen) atoms. The molecule has 0 bridgehead atoms. The number of carbonyl (C=O) groups is 1. The summed E-state index contributed by atoms with van der Waals surface area (Å²) in [7, 11) is 0. The molecule has 1 N–H and O–H groups in total. The molecular weight excluding hydrogens is 411 g/mol. The number of hydrogen-bond acceptors (Lipinski definition) is 1. The highest BCUT2D eigenvalue weighted by atomic mass is 35.5. The van der Waals surface area contributed by atoms with Crippen molar-refractivity contribution >= 4 is 17.5 Å². The standard InChI is InChI=1S/C26H22ClFN2O/c1-18-24(26(31)29-16-15-19-5-3-2-4-6-19)17-25(20-7-9-21(27)10-8-20)30(18)23-13-11-22(28)12-14-23/h2-14,17H,15-16H2,1H3,(H,29,31). The second-order valence-corrected chi connectivity index (χ2v) is 7.78. The Morgan fingerprint density at radius 2 is 1.65 bits per heavy atom. The quantitative estimate of drug-likeness (QED) is 0.385. The van der Waals surface area contributed by atoms with Crippen molar-refractivity contribution in [1.82, 2.24) is 9.88 Å². The topological polar surface area (TPSA) is 34.0 Å². The van der Waals surface area contributed by atoms with Crippen LogP contribution in [0.1, 0.15) is 21.6 Å². The van der Waals surface area contributed by atoms with Gasteiger partial charge in [0.1, 0.15) is 5.82 Å². The lowest BCUT2D eigenvalue weighted by Crippen LogP contribution is -2.26. The smallest absolute Gasteiger partial charge is 0.253 e. The van der Waals surface area contributed by atoms with Gasteiger partial charge < -0.3 is 9.88 Å². The van der Waals surface area contributed by atoms with E-state index in [-0.39, 0.29) is 11.7 Å². The zero-order chi connectivity index (χ0) is 21.8. The summed E-state index contributed by atoms with van der Waals surface area (Å²) in [6.45, 7) is 2.44. The lowest BCUT2D eigenvalue weighted by Gasteiger charge is -2.12. The average molecular weight is 433 g/mol. The Morgan fingerprint density at radius 3 is 2.32 bits per heavy atom. The van der Waals surface area contributed by atoms with E-state index in [1.807, 2.05) is 72.2 Å². The number of aromatic nitrogens is 1. The Kier molecular flexibility index (Phi) is 6.19. The van der Waals surface area contributed by atoms with Crippen LogP contribution in [0.2, 0.25) is 5.02 Å². The van der Waals surface area contributed by atoms with Gasteiger partial charge in [-0.15, -0.1) is 0 Å². The monoisotopic (exact) mass is 432 g/mol. The molecule has 4 aromatic rings. The number of carbonyl (C=O) groups excluding carboxylic acids is 1. The molecule has 156 valence electrons. The van der Waals surface area contributed by atoms with Gasteiger partial charge in [0.25, 0.3) is 5.91 Å². The van der Waals surface area contributed by atoms with Crippen molar-refractivity contribution in [1.29, 1.82) is 0 Å². The predicted octanol–water partition coefficient (Wildman–Crippen LogP) is 6.22. The van der Waals surface area contributed by atoms with Gasteiger partial charge in [0.05, 0.1) is 11.3 Å². The van der Waals surface area contributed by atoms with Gasteiger partial charge in [-0.2, -0.15) is 0 Å². The van der Waals surface area contributed by atoms with Crippen molar-refractivity contribution in [2.75, 3.05) is 6.54 Å². The molecule has 0 saturated heterocycles. The fraction of sp³-hybridized carbons (Fsp3) is 0.115. The Morgan fingerprint density at radius 1 is 0.968 bits per heavy atom. The summed E-state index contributed by atoms with van der Waals surface area (Å²) < 4.78 is 15.5. The van der Waals surface area contributed by atoms with Gasteiger partial charge in [-0.3, -0.25) is 4.79 Å². The summed E-state index contributed by atoms with van der Waals surface area (Å²) in [5, 5.41) is 3.65. The second-order valence-electron chi connectivity index (χ2n) is 7.34. The molecule has 3 aromatic carbocycles. The Hall–Kier alpha value is -3.37. The van der Waals surface area contributed by atoms with Crippen LogP contribution in [0.25, 0.3) is 16.9 Å². The van der Waals surface area contributed by atoms with Crippen LogP contribution in [0, 0.1) is 12.7 Å². The lowest BCUT2D eigenvalue weighted by atomic mass is 10.1. The van der Waals surface area contributed by atoms with E-state index >= 15 is 0 Å². The van der Waals surface area contributed by atoms with E-state index in [9.17, 15) is 9.18 Å². The maximum atomic E-state index is 13.5. The highest BCUT2D eigenvalue weighted by molar-refractivity contribution is 6.30. The first-order chi connectivity index (χ1) is 15.0. The first kappa shape index (κ1) is 20.9. The van der Waals surface area contributed by atoms with Crippen LogP contribution in [-0.2, 0) is 6.42 Å². The molecule has 0 saturated carbocycles. The average Bonchev–Trinajstić information content (AvgIpc) is 3.13. The van der Waals surface area contributed by atoms with E-state index in [0.29, 0.717) is 17.1 Å². The van der Waals surface area contributed by atoms with E-state index in [0.717, 1.165) is 29.1 Å². The number of hydrogen-bond donors (Lipinski definition) is 1. The van der Waals surface area contributed by atoms with Crippen molar-refractivity contribution in [3.8, 4) is 16.9 Å². The zero-order valence-electron chi connectivity index (χ0n) is 17.1. The largest absolute Gasteiger partial charge is 0.352 e. The molecule has 5 heteroatoms. The van der Waals surface area contributed by atoms with Crippen molar-refractivity contribution < 1.29 is 9.18 Å². The third-order valence-corrected chi connectivity index (χ3v) is 5.51. The van der Waals surface area contributed by atoms with Crippen LogP contribution in [0.5, 0.6) is 0 Å². The molecule has 3 nitrogen and oxygen atoms in total. The van der Waals surface area contributed by atoms with Gasteiger partial charge in [-0.25, -0.2) is 4.39 Å². The number of halogens is 2. The van der Waals surface area contributed by atoms with Crippen LogP contribution in [0.3, 0.4) is 0 Å². The summed E-state index contributed by atoms with van der Waals surface area (Å²) in [6.07, 6.45) is 0.758. The van der Waals surface area contributed by atoms with E-state index < -0.39 is 0 Å². The highest BCUT2D eigenvalue weighted by Gasteiger charge is 2.19. The van der Waals surface area contributed by atoms with Crippen molar-refractivity contribution in [3.05, 3.63) is 113 Å². The highest BCUT2D eigenvalue weighted by Crippen LogP contribution is 2.30. The number of rotatable bonds is 6. The Labute approximate surface area is 186 Å². The third kappa shape index (κ3) is 4.70. The molecule has 0 aliphatic heterocycles. The van der Waals surface area contributed by atoms with Crippen molar-refractivity contribution in [3.63, 3.8) is 0 Å². The van der Waals surface area contributed by atoms with Crippen molar-refractivity contribution in [2.45, 2.75) is 13.3 Å². The van der Waals surface area contributed by atoms with Gasteiger partial charge in [-0.1, -0.05) is 54.1 Å². The van der Waals surface area contributed by atoms with Gasteiger partial charge >= 0.3 is 0 Å². The molecule has 1 heterocycles. The Balaban J connectivity index is 1.66. The van der Waals surface area contributed by atoms with E-state index in [1.165, 1.54) is 17.7 Å². The fourth-order valence-corrected chi connectivity index (χ4v) is 3.78. The molecule has 0 spiro atoms. The molecular formula is C26H22ClFN2O. The molecule has 1 amide bonds. The van der Waals surface area contributed by atoms with Crippen LogP contribution in [0.15, 0.2) is 84.9 Å². The summed E-state index contributed by atoms with van der Waals surface area (Å²) in [5.41, 5.74) is 5.09. The number of amides is 1. The van der Waals surface area contributed by atoms with Gasteiger partial charge in [0, 0.05) is 22.9 Å². The molecule has 0 aliphatic carbocycles. The number of benzene rings is 3. The molecule has 0 aliphatic rings. The predicted molar refractivity (Wildman–Crippen MR) is 123 cm³/mol. The van der Waals surface area contributed by atoms with Crippen LogP contribution < -0.4 is 5.32 Å². The Bertz CT molecular complexity index is 1180. The lowest BCUT2D eigenvalue weighted by molar-refractivity contribution is 0.0953. The SMILES string of the molecule is Cc1c(C(=O)NCCc2ccccc2)cc(-c2ccc(Cl)cc2)n1-c1ccc(F)cc1. The minimum Gasteiger partial charge on any atom is -0.352 e. The van der Waals surface area contributed by atoms with E-state index in [4.69, 9.17) is 11.6 Å². The maximum Gasteiger partial charge on any atom is 0.253 e. The van der Waals surface area contributed by atoms with Gasteiger partial charge in [0.2, 0.25) is 0 Å². The fourth-order valence-electron chi connectivity index (χ4n) is 3.65.